The monoisotopic (exact) mass is 87.0 g/mol. The Balaban J connectivity index is 3.57. The molecule has 1 N–H and O–H groups in total. The Morgan fingerprint density at radius 1 is 1.50 bits per heavy atom. The molecule has 0 aliphatic carbocycles. The smallest absolute Gasteiger partial charge is 0.371 e. The normalized spacial score (nSPS) is 7.50. The van der Waals surface area contributed by atoms with Crippen LogP contribution in [0.1, 0.15) is 6.92 Å². The number of carboxylic acids is 1. The molecule has 0 aromatic rings. The van der Waals surface area contributed by atoms with E-state index in [0.29, 0.717) is 0 Å². The van der Waals surface area contributed by atoms with Gasteiger partial charge in [0.15, 0.2) is 0 Å². The summed E-state index contributed by atoms with van der Waals surface area (Å²) in [7, 11) is 0. The van der Waals surface area contributed by atoms with Crippen LogP contribution in [-0.4, -0.2) is 16.9 Å². The number of aliphatic carboxylic acids is 1. The zero-order valence-corrected chi connectivity index (χ0v) is 3.26. The van der Waals surface area contributed by atoms with Crippen molar-refractivity contribution in [2.24, 2.45) is 0 Å². The lowest BCUT2D eigenvalue weighted by molar-refractivity contribution is -0.148. The van der Waals surface area contributed by atoms with E-state index in [1.165, 1.54) is 0 Å². The maximum absolute atomic E-state index is 9.54. The largest absolute Gasteiger partial charge is 0.476 e. The number of Topliss-reactive ketones (excluding diaryl/α,β-unsaturated/α-hetero) is 1. The number of ketones is 1. The van der Waals surface area contributed by atoms with Crippen molar-refractivity contribution in [3.05, 3.63) is 0 Å². The molecule has 0 fully saturated rings. The minimum Gasteiger partial charge on any atom is -0.476 e. The zero-order valence-electron chi connectivity index (χ0n) is 3.26. The van der Waals surface area contributed by atoms with Gasteiger partial charge in [0.1, 0.15) is 0 Å². The van der Waals surface area contributed by atoms with Gasteiger partial charge in [-0.1, -0.05) is 0 Å². The zero-order chi connectivity index (χ0) is 5.15. The number of carbonyl (C=O) groups excluding carboxylic acids is 1. The van der Waals surface area contributed by atoms with E-state index in [1.807, 2.05) is 0 Å². The van der Waals surface area contributed by atoms with E-state index in [4.69, 9.17) is 5.11 Å². The summed E-state index contributed by atoms with van der Waals surface area (Å²) >= 11 is 0. The summed E-state index contributed by atoms with van der Waals surface area (Å²) in [5, 5.41) is 7.64. The fraction of sp³-hybridized carbons (Fsp3) is 0.333. The van der Waals surface area contributed by atoms with Gasteiger partial charge >= 0.3 is 5.97 Å². The van der Waals surface area contributed by atoms with Crippen molar-refractivity contribution < 1.29 is 14.7 Å². The minimum absolute atomic E-state index is 0.824. The van der Waals surface area contributed by atoms with Gasteiger partial charge in [0, 0.05) is 6.92 Å². The molecule has 0 spiro atoms. The van der Waals surface area contributed by atoms with E-state index in [1.54, 1.807) is 0 Å². The molecule has 0 amide bonds. The first-order chi connectivity index (χ1) is 2.64. The number of hydrogen-bond donors (Lipinski definition) is 1. The molecule has 0 saturated heterocycles. The van der Waals surface area contributed by atoms with Crippen LogP contribution in [0.3, 0.4) is 0 Å². The van der Waals surface area contributed by atoms with Crippen LogP contribution in [0.15, 0.2) is 0 Å². The van der Waals surface area contributed by atoms with Gasteiger partial charge in [0.25, 0.3) is 0 Å². The van der Waals surface area contributed by atoms with Crippen LogP contribution in [0.5, 0.6) is 0 Å². The van der Waals surface area contributed by atoms with Gasteiger partial charge in [-0.3, -0.25) is 4.79 Å². The number of carbonyl (C=O) groups is 2. The van der Waals surface area contributed by atoms with E-state index >= 15 is 0 Å². The maximum atomic E-state index is 9.54. The quantitative estimate of drug-likeness (QED) is 0.445. The second-order valence-electron chi connectivity index (χ2n) is 0.861. The third-order valence-corrected chi connectivity index (χ3v) is 0.301. The Bertz CT molecular complexity index is 72.0. The number of carboxylic acid groups (broad SMARTS) is 1. The van der Waals surface area contributed by atoms with Crippen LogP contribution in [0, 0.1) is 0 Å². The lowest BCUT2D eigenvalue weighted by atomic mass is 10.5. The van der Waals surface area contributed by atoms with E-state index in [0.717, 1.165) is 6.92 Å². The van der Waals surface area contributed by atoms with Gasteiger partial charge in [-0.05, 0) is 0 Å². The summed E-state index contributed by atoms with van der Waals surface area (Å²) in [6.45, 7) is 1.00. The Morgan fingerprint density at radius 3 is 1.67 bits per heavy atom. The lowest BCUT2D eigenvalue weighted by Gasteiger charge is -1.73. The Kier molecular flexibility index (Phi) is 1.32. The van der Waals surface area contributed by atoms with Crippen molar-refractivity contribution in [2.45, 2.75) is 6.92 Å². The first-order valence-electron chi connectivity index (χ1n) is 1.38. The Labute approximate surface area is 34.6 Å². The molecule has 3 nitrogen and oxygen atoms in total. The van der Waals surface area contributed by atoms with Gasteiger partial charge in [-0.15, -0.1) is 0 Å². The Hall–Kier alpha value is -0.860. The molecule has 0 unspecified atom stereocenters. The molecule has 0 aliphatic rings. The second-order valence-corrected chi connectivity index (χ2v) is 0.861. The van der Waals surface area contributed by atoms with Crippen LogP contribution in [0.25, 0.3) is 0 Å². The molecular formula is C3H4O3. The van der Waals surface area contributed by atoms with Crippen molar-refractivity contribution in [3.8, 4) is 0 Å². The summed E-state index contributed by atoms with van der Waals surface area (Å²) in [6, 6.07) is 0. The van der Waals surface area contributed by atoms with Crippen LogP contribution in [0.4, 0.5) is 0 Å². The predicted octanol–water partition coefficient (Wildman–Crippen LogP) is -0.340. The highest BCUT2D eigenvalue weighted by Gasteiger charge is 1.98. The van der Waals surface area contributed by atoms with E-state index in [9.17, 15) is 9.59 Å². The molecule has 0 aromatic heterocycles. The van der Waals surface area contributed by atoms with Crippen LogP contribution in [0.2, 0.25) is 0 Å². The SMILES string of the molecule is CC(=O)C(O)=[15O]. The van der Waals surface area contributed by atoms with Crippen LogP contribution < -0.4 is 0 Å². The molecule has 0 aliphatic heterocycles. The molecule has 34 valence electrons. The fourth-order valence-corrected chi connectivity index (χ4v) is 0. The van der Waals surface area contributed by atoms with E-state index < -0.39 is 11.8 Å². The maximum Gasteiger partial charge on any atom is 0.371 e. The summed E-state index contributed by atoms with van der Waals surface area (Å²) in [6.07, 6.45) is 0. The van der Waals surface area contributed by atoms with Crippen molar-refractivity contribution in [3.63, 3.8) is 0 Å². The molecule has 0 rings (SSSR count). The summed E-state index contributed by atoms with van der Waals surface area (Å²) < 4.78 is 0. The highest BCUT2D eigenvalue weighted by molar-refractivity contribution is 6.31. The van der Waals surface area contributed by atoms with Crippen LogP contribution >= 0.6 is 0 Å². The third-order valence-electron chi connectivity index (χ3n) is 0.301. The van der Waals surface area contributed by atoms with Gasteiger partial charge < -0.3 is 5.11 Å². The number of hydrogen-bond acceptors (Lipinski definition) is 2. The minimum atomic E-state index is -1.38. The van der Waals surface area contributed by atoms with Gasteiger partial charge in [-0.25, -0.2) is 4.79 Å². The topological polar surface area (TPSA) is 54.4 Å². The Morgan fingerprint density at radius 2 is 1.67 bits per heavy atom. The van der Waals surface area contributed by atoms with Crippen molar-refractivity contribution in [1.29, 1.82) is 0 Å². The fourth-order valence-electron chi connectivity index (χ4n) is 0. The molecule has 0 saturated carbocycles. The highest BCUT2D eigenvalue weighted by Crippen LogP contribution is 1.61. The summed E-state index contributed by atoms with van der Waals surface area (Å²) in [5.74, 6) is -2.20. The van der Waals surface area contributed by atoms with Crippen molar-refractivity contribution >= 4 is 11.8 Å². The second kappa shape index (κ2) is 1.55. The van der Waals surface area contributed by atoms with E-state index in [-0.39, 0.29) is 0 Å². The predicted molar refractivity (Wildman–Crippen MR) is 18.3 cm³/mol. The molecule has 0 aromatic carbocycles. The molecule has 0 radical (unpaired) electrons. The van der Waals surface area contributed by atoms with Gasteiger partial charge in [-0.2, -0.15) is 0 Å². The first kappa shape index (κ1) is 5.14. The average Bonchev–Trinajstić information content (AvgIpc) is 1.36. The molecule has 3 heteroatoms. The molecule has 6 heavy (non-hydrogen) atoms. The lowest BCUT2D eigenvalue weighted by Crippen LogP contribution is -2.05. The molecule has 0 bridgehead atoms. The summed E-state index contributed by atoms with van der Waals surface area (Å²) in [4.78, 5) is 18.9. The molecule has 0 heterocycles. The van der Waals surface area contributed by atoms with Gasteiger partial charge in [0.2, 0.25) is 5.78 Å². The standard InChI is InChI=1S/C3H4O3/c1-2(4)3(5)6/h1H3,(H,5,6)/i5-1. The van der Waals surface area contributed by atoms with Crippen molar-refractivity contribution in [2.75, 3.05) is 0 Å². The van der Waals surface area contributed by atoms with E-state index in [2.05, 4.69) is 0 Å². The van der Waals surface area contributed by atoms with Crippen LogP contribution in [-0.2, 0) is 9.59 Å². The first-order valence-corrected chi connectivity index (χ1v) is 1.38. The molecular weight excluding hydrogens is 83.0 g/mol. The van der Waals surface area contributed by atoms with Gasteiger partial charge in [0.05, 0.1) is 0 Å². The number of rotatable bonds is 1. The third kappa shape index (κ3) is 1.46. The average molecular weight is 87.1 g/mol. The molecule has 0 atom stereocenters. The summed E-state index contributed by atoms with van der Waals surface area (Å²) in [5.41, 5.74) is 0. The van der Waals surface area contributed by atoms with Crippen molar-refractivity contribution in [1.82, 2.24) is 0 Å². The highest BCUT2D eigenvalue weighted by atomic mass is 16.3.